The van der Waals surface area contributed by atoms with Crippen LogP contribution in [0.5, 0.6) is 0 Å². The molecule has 2 rings (SSSR count). The Bertz CT molecular complexity index is 502. The molecule has 1 amide bonds. The minimum absolute atomic E-state index is 0.0821. The van der Waals surface area contributed by atoms with Gasteiger partial charge in [-0.1, -0.05) is 12.8 Å². The van der Waals surface area contributed by atoms with Crippen molar-refractivity contribution in [2.75, 3.05) is 6.54 Å². The number of carbonyl (C=O) groups is 1. The fourth-order valence-corrected chi connectivity index (χ4v) is 2.93. The summed E-state index contributed by atoms with van der Waals surface area (Å²) in [5.41, 5.74) is 5.39. The van der Waals surface area contributed by atoms with E-state index in [0.29, 0.717) is 6.54 Å². The van der Waals surface area contributed by atoms with Gasteiger partial charge in [0.2, 0.25) is 0 Å². The average molecular weight is 333 g/mol. The van der Waals surface area contributed by atoms with Crippen molar-refractivity contribution in [2.24, 2.45) is 5.73 Å². The molecule has 3 nitrogen and oxygen atoms in total. The van der Waals surface area contributed by atoms with Gasteiger partial charge in [0.05, 0.1) is 11.1 Å². The second-order valence-corrected chi connectivity index (χ2v) is 5.75. The summed E-state index contributed by atoms with van der Waals surface area (Å²) in [6, 6.07) is 1.85. The zero-order chi connectivity index (χ0) is 14.0. The van der Waals surface area contributed by atoms with Crippen molar-refractivity contribution in [3.05, 3.63) is 33.8 Å². The fraction of sp³-hybridized carbons (Fsp3) is 0.462. The van der Waals surface area contributed by atoms with Crippen molar-refractivity contribution in [1.29, 1.82) is 0 Å². The maximum atomic E-state index is 13.2. The molecule has 1 aliphatic rings. The Hall–Kier alpha value is -1.01. The summed E-state index contributed by atoms with van der Waals surface area (Å²) < 4.78 is 26.5. The molecule has 3 N–H and O–H groups in total. The van der Waals surface area contributed by atoms with Crippen LogP contribution in [-0.4, -0.2) is 18.0 Å². The van der Waals surface area contributed by atoms with Crippen molar-refractivity contribution in [2.45, 2.75) is 31.2 Å². The third-order valence-corrected chi connectivity index (χ3v) is 4.24. The summed E-state index contributed by atoms with van der Waals surface area (Å²) in [4.78, 5) is 12.2. The molecule has 0 atom stereocenters. The third kappa shape index (κ3) is 2.95. The number of carbonyl (C=O) groups excluding carboxylic acids is 1. The largest absolute Gasteiger partial charge is 0.345 e. The molecule has 1 saturated carbocycles. The third-order valence-electron chi connectivity index (χ3n) is 3.58. The SMILES string of the molecule is NCC1(NC(=O)c2cc(F)c(F)cc2Br)CCCC1. The molecule has 0 unspecified atom stereocenters. The molecule has 0 heterocycles. The monoisotopic (exact) mass is 332 g/mol. The van der Waals surface area contributed by atoms with Gasteiger partial charge in [-0.3, -0.25) is 4.79 Å². The number of nitrogens with one attached hydrogen (secondary N) is 1. The van der Waals surface area contributed by atoms with Crippen LogP contribution < -0.4 is 11.1 Å². The summed E-state index contributed by atoms with van der Waals surface area (Å²) in [5, 5.41) is 2.86. The minimum Gasteiger partial charge on any atom is -0.345 e. The Kier molecular flexibility index (Phi) is 4.20. The van der Waals surface area contributed by atoms with Crippen molar-refractivity contribution in [1.82, 2.24) is 5.32 Å². The van der Waals surface area contributed by atoms with Crippen LogP contribution in [0.1, 0.15) is 36.0 Å². The molecule has 1 aromatic rings. The maximum absolute atomic E-state index is 13.2. The van der Waals surface area contributed by atoms with Crippen LogP contribution in [0.4, 0.5) is 8.78 Å². The van der Waals surface area contributed by atoms with E-state index in [1.54, 1.807) is 0 Å². The molecule has 1 aliphatic carbocycles. The highest BCUT2D eigenvalue weighted by atomic mass is 79.9. The van der Waals surface area contributed by atoms with Gasteiger partial charge < -0.3 is 11.1 Å². The van der Waals surface area contributed by atoms with E-state index in [1.807, 2.05) is 0 Å². The summed E-state index contributed by atoms with van der Waals surface area (Å²) >= 11 is 3.07. The van der Waals surface area contributed by atoms with Crippen LogP contribution >= 0.6 is 15.9 Å². The Morgan fingerprint density at radius 1 is 1.32 bits per heavy atom. The highest BCUT2D eigenvalue weighted by molar-refractivity contribution is 9.10. The van der Waals surface area contributed by atoms with Gasteiger partial charge in [-0.05, 0) is 40.9 Å². The molecule has 0 aromatic heterocycles. The Morgan fingerprint density at radius 2 is 1.89 bits per heavy atom. The number of hydrogen-bond donors (Lipinski definition) is 2. The van der Waals surface area contributed by atoms with Crippen LogP contribution in [0.25, 0.3) is 0 Å². The maximum Gasteiger partial charge on any atom is 0.253 e. The predicted molar refractivity (Wildman–Crippen MR) is 71.8 cm³/mol. The summed E-state index contributed by atoms with van der Waals surface area (Å²) in [7, 11) is 0. The number of nitrogens with two attached hydrogens (primary N) is 1. The molecule has 0 spiro atoms. The van der Waals surface area contributed by atoms with E-state index >= 15 is 0 Å². The van der Waals surface area contributed by atoms with E-state index in [4.69, 9.17) is 5.73 Å². The van der Waals surface area contributed by atoms with E-state index in [2.05, 4.69) is 21.2 Å². The van der Waals surface area contributed by atoms with Crippen molar-refractivity contribution >= 4 is 21.8 Å². The van der Waals surface area contributed by atoms with Crippen molar-refractivity contribution < 1.29 is 13.6 Å². The lowest BCUT2D eigenvalue weighted by Crippen LogP contribution is -2.51. The van der Waals surface area contributed by atoms with Crippen LogP contribution in [0.2, 0.25) is 0 Å². The number of benzene rings is 1. The van der Waals surface area contributed by atoms with E-state index in [9.17, 15) is 13.6 Å². The standard InChI is InChI=1S/C13H15BrF2N2O/c14-9-6-11(16)10(15)5-8(9)12(19)18-13(7-17)3-1-2-4-13/h5-6H,1-4,7,17H2,(H,18,19). The lowest BCUT2D eigenvalue weighted by atomic mass is 9.97. The van der Waals surface area contributed by atoms with Crippen LogP contribution in [-0.2, 0) is 0 Å². The van der Waals surface area contributed by atoms with Gasteiger partial charge in [0, 0.05) is 11.0 Å². The van der Waals surface area contributed by atoms with Crippen molar-refractivity contribution in [3.8, 4) is 0 Å². The lowest BCUT2D eigenvalue weighted by molar-refractivity contribution is 0.0901. The Balaban J connectivity index is 2.22. The van der Waals surface area contributed by atoms with Gasteiger partial charge in [-0.2, -0.15) is 0 Å². The first-order valence-electron chi connectivity index (χ1n) is 6.14. The molecule has 0 saturated heterocycles. The predicted octanol–water partition coefficient (Wildman–Crippen LogP) is 2.73. The number of halogens is 3. The first-order valence-corrected chi connectivity index (χ1v) is 6.94. The average Bonchev–Trinajstić information content (AvgIpc) is 2.83. The zero-order valence-electron chi connectivity index (χ0n) is 10.3. The molecule has 1 aromatic carbocycles. The smallest absolute Gasteiger partial charge is 0.253 e. The van der Waals surface area contributed by atoms with Gasteiger partial charge in [0.1, 0.15) is 0 Å². The Morgan fingerprint density at radius 3 is 2.47 bits per heavy atom. The topological polar surface area (TPSA) is 55.1 Å². The van der Waals surface area contributed by atoms with Gasteiger partial charge in [0.25, 0.3) is 5.91 Å². The second-order valence-electron chi connectivity index (χ2n) is 4.89. The van der Waals surface area contributed by atoms with Gasteiger partial charge >= 0.3 is 0 Å². The molecule has 19 heavy (non-hydrogen) atoms. The molecular weight excluding hydrogens is 318 g/mol. The second kappa shape index (κ2) is 5.54. The molecule has 0 aliphatic heterocycles. The first kappa shape index (κ1) is 14.4. The molecule has 6 heteroatoms. The van der Waals surface area contributed by atoms with Gasteiger partial charge in [-0.15, -0.1) is 0 Å². The van der Waals surface area contributed by atoms with Crippen molar-refractivity contribution in [3.63, 3.8) is 0 Å². The van der Waals surface area contributed by atoms with Gasteiger partial charge in [0.15, 0.2) is 11.6 Å². The normalized spacial score (nSPS) is 17.5. The molecule has 0 bridgehead atoms. The summed E-state index contributed by atoms with van der Waals surface area (Å²) in [6.45, 7) is 0.347. The van der Waals surface area contributed by atoms with E-state index < -0.39 is 23.1 Å². The highest BCUT2D eigenvalue weighted by Crippen LogP contribution is 2.29. The summed E-state index contributed by atoms with van der Waals surface area (Å²) in [5.74, 6) is -2.46. The molecule has 104 valence electrons. The highest BCUT2D eigenvalue weighted by Gasteiger charge is 2.34. The van der Waals surface area contributed by atoms with Crippen LogP contribution in [0.15, 0.2) is 16.6 Å². The minimum atomic E-state index is -1.04. The zero-order valence-corrected chi connectivity index (χ0v) is 11.9. The number of rotatable bonds is 3. The molecule has 0 radical (unpaired) electrons. The van der Waals surface area contributed by atoms with Crippen LogP contribution in [0, 0.1) is 11.6 Å². The van der Waals surface area contributed by atoms with E-state index in [0.717, 1.165) is 37.8 Å². The summed E-state index contributed by atoms with van der Waals surface area (Å²) in [6.07, 6.45) is 3.65. The number of amides is 1. The Labute approximate surface area is 118 Å². The van der Waals surface area contributed by atoms with Crippen LogP contribution in [0.3, 0.4) is 0 Å². The van der Waals surface area contributed by atoms with E-state index in [-0.39, 0.29) is 10.0 Å². The quantitative estimate of drug-likeness (QED) is 0.836. The van der Waals surface area contributed by atoms with E-state index in [1.165, 1.54) is 0 Å². The number of hydrogen-bond acceptors (Lipinski definition) is 2. The first-order chi connectivity index (χ1) is 8.97. The lowest BCUT2D eigenvalue weighted by Gasteiger charge is -2.28. The fourth-order valence-electron chi connectivity index (χ4n) is 2.44. The van der Waals surface area contributed by atoms with Gasteiger partial charge in [-0.25, -0.2) is 8.78 Å². The molecule has 1 fully saturated rings. The molecular formula is C13H15BrF2N2O.